The minimum Gasteiger partial charge on any atom is -0.490 e. The smallest absolute Gasteiger partial charge is 0.305 e. The van der Waals surface area contributed by atoms with Crippen LogP contribution in [0.2, 0.25) is 0 Å². The molecule has 0 amide bonds. The molecule has 26 heavy (non-hydrogen) atoms. The Bertz CT molecular complexity index is 665. The summed E-state index contributed by atoms with van der Waals surface area (Å²) in [6.45, 7) is 0.155. The first-order valence-electron chi connectivity index (χ1n) is 9.69. The maximum atomic E-state index is 14.9. The minimum absolute atomic E-state index is 0.0687. The zero-order chi connectivity index (χ0) is 18.3. The van der Waals surface area contributed by atoms with Gasteiger partial charge in [-0.2, -0.15) is 4.39 Å². The lowest BCUT2D eigenvalue weighted by molar-refractivity contribution is -0.140. The summed E-state index contributed by atoms with van der Waals surface area (Å²) in [6.07, 6.45) is 7.40. The highest BCUT2D eigenvalue weighted by Gasteiger charge is 2.52. The van der Waals surface area contributed by atoms with Crippen molar-refractivity contribution in [2.75, 3.05) is 13.7 Å². The first-order valence-corrected chi connectivity index (χ1v) is 9.69. The van der Waals surface area contributed by atoms with Gasteiger partial charge in [0.05, 0.1) is 13.7 Å². The normalized spacial score (nSPS) is 31.9. The van der Waals surface area contributed by atoms with Crippen molar-refractivity contribution in [3.8, 4) is 5.75 Å². The van der Waals surface area contributed by atoms with Gasteiger partial charge in [-0.3, -0.25) is 4.79 Å². The highest BCUT2D eigenvalue weighted by atomic mass is 19.2. The van der Waals surface area contributed by atoms with Crippen LogP contribution in [0.25, 0.3) is 0 Å². The summed E-state index contributed by atoms with van der Waals surface area (Å²) >= 11 is 0. The van der Waals surface area contributed by atoms with Gasteiger partial charge < -0.3 is 9.47 Å². The number of hydrogen-bond acceptors (Lipinski definition) is 3. The zero-order valence-electron chi connectivity index (χ0n) is 15.2. The first kappa shape index (κ1) is 17.7. The molecule has 0 unspecified atom stereocenters. The molecule has 4 aliphatic rings. The van der Waals surface area contributed by atoms with Crippen LogP contribution in [-0.4, -0.2) is 19.7 Å². The van der Waals surface area contributed by atoms with E-state index >= 15 is 0 Å². The number of hydrogen-bond donors (Lipinski definition) is 0. The van der Waals surface area contributed by atoms with E-state index in [4.69, 9.17) is 4.74 Å². The van der Waals surface area contributed by atoms with E-state index < -0.39 is 11.6 Å². The van der Waals surface area contributed by atoms with Gasteiger partial charge >= 0.3 is 5.97 Å². The third-order valence-electron chi connectivity index (χ3n) is 6.67. The zero-order valence-corrected chi connectivity index (χ0v) is 15.2. The predicted octanol–water partition coefficient (Wildman–Crippen LogP) is 4.76. The third kappa shape index (κ3) is 3.10. The lowest BCUT2D eigenvalue weighted by Gasteiger charge is -2.57. The van der Waals surface area contributed by atoms with Crippen LogP contribution in [0.4, 0.5) is 8.78 Å². The molecule has 0 spiro atoms. The fraction of sp³-hybridized carbons (Fsp3) is 0.667. The highest BCUT2D eigenvalue weighted by Crippen LogP contribution is 2.61. The Kier molecular flexibility index (Phi) is 4.66. The molecule has 4 fully saturated rings. The van der Waals surface area contributed by atoms with Gasteiger partial charge in [0, 0.05) is 6.42 Å². The molecule has 0 aromatic heterocycles. The van der Waals surface area contributed by atoms with E-state index in [1.165, 1.54) is 26.4 Å². The number of rotatable bonds is 6. The molecule has 3 nitrogen and oxygen atoms in total. The van der Waals surface area contributed by atoms with Gasteiger partial charge in [-0.05, 0) is 79.7 Å². The standard InChI is InChI=1S/C21H26F2O3/c1-25-18(24)3-2-6-26-17-5-4-16(19(22)20(17)23)21-10-13-7-14(11-21)9-15(8-13)12-21/h4-5,13-15H,2-3,6-12H2,1H3. The van der Waals surface area contributed by atoms with Gasteiger partial charge in [0.15, 0.2) is 11.6 Å². The molecule has 4 saturated carbocycles. The number of methoxy groups -OCH3 is 1. The molecule has 4 aliphatic carbocycles. The van der Waals surface area contributed by atoms with Gasteiger partial charge in [0.1, 0.15) is 0 Å². The van der Waals surface area contributed by atoms with Crippen molar-refractivity contribution in [2.45, 2.75) is 56.8 Å². The summed E-state index contributed by atoms with van der Waals surface area (Å²) in [4.78, 5) is 11.1. The summed E-state index contributed by atoms with van der Waals surface area (Å²) < 4.78 is 39.5. The predicted molar refractivity (Wildman–Crippen MR) is 93.0 cm³/mol. The molecule has 0 saturated heterocycles. The summed E-state index contributed by atoms with van der Waals surface area (Å²) in [6, 6.07) is 3.30. The van der Waals surface area contributed by atoms with Crippen LogP contribution in [0.3, 0.4) is 0 Å². The first-order chi connectivity index (χ1) is 12.5. The largest absolute Gasteiger partial charge is 0.490 e. The highest BCUT2D eigenvalue weighted by molar-refractivity contribution is 5.69. The topological polar surface area (TPSA) is 35.5 Å². The van der Waals surface area contributed by atoms with E-state index in [9.17, 15) is 13.6 Å². The van der Waals surface area contributed by atoms with Crippen molar-refractivity contribution in [1.29, 1.82) is 0 Å². The summed E-state index contributed by atoms with van der Waals surface area (Å²) in [5.41, 5.74) is 0.374. The molecule has 5 rings (SSSR count). The molecule has 0 heterocycles. The molecular formula is C21H26F2O3. The van der Waals surface area contributed by atoms with E-state index in [0.29, 0.717) is 29.7 Å². The second-order valence-corrected chi connectivity index (χ2v) is 8.47. The fourth-order valence-corrected chi connectivity index (χ4v) is 5.99. The molecule has 0 radical (unpaired) electrons. The Morgan fingerprint density at radius 1 is 1.08 bits per heavy atom. The molecule has 0 aliphatic heterocycles. The number of benzene rings is 1. The maximum Gasteiger partial charge on any atom is 0.305 e. The van der Waals surface area contributed by atoms with Crippen molar-refractivity contribution in [2.24, 2.45) is 17.8 Å². The van der Waals surface area contributed by atoms with E-state index in [2.05, 4.69) is 4.74 Å². The van der Waals surface area contributed by atoms with E-state index in [1.54, 1.807) is 12.1 Å². The van der Waals surface area contributed by atoms with E-state index in [1.807, 2.05) is 0 Å². The fourth-order valence-electron chi connectivity index (χ4n) is 5.99. The van der Waals surface area contributed by atoms with Crippen LogP contribution >= 0.6 is 0 Å². The number of carbonyl (C=O) groups excluding carboxylic acids is 1. The number of esters is 1. The van der Waals surface area contributed by atoms with Gasteiger partial charge in [0.25, 0.3) is 0 Å². The molecule has 1 aromatic rings. The Balaban J connectivity index is 1.49. The second kappa shape index (κ2) is 6.82. The number of carbonyl (C=O) groups is 1. The van der Waals surface area contributed by atoms with Crippen LogP contribution in [0.15, 0.2) is 12.1 Å². The molecule has 5 heteroatoms. The molecule has 142 valence electrons. The Hall–Kier alpha value is -1.65. The van der Waals surface area contributed by atoms with Crippen LogP contribution in [-0.2, 0) is 14.9 Å². The minimum atomic E-state index is -0.892. The maximum absolute atomic E-state index is 14.9. The summed E-state index contributed by atoms with van der Waals surface area (Å²) in [5, 5.41) is 0. The molecule has 4 bridgehead atoms. The summed E-state index contributed by atoms with van der Waals surface area (Å²) in [7, 11) is 1.32. The lowest BCUT2D eigenvalue weighted by Crippen LogP contribution is -2.49. The quantitative estimate of drug-likeness (QED) is 0.539. The second-order valence-electron chi connectivity index (χ2n) is 8.47. The monoisotopic (exact) mass is 364 g/mol. The van der Waals surface area contributed by atoms with E-state index in [-0.39, 0.29) is 30.2 Å². The Labute approximate surface area is 153 Å². The van der Waals surface area contributed by atoms with Crippen molar-refractivity contribution >= 4 is 5.97 Å². The van der Waals surface area contributed by atoms with Crippen LogP contribution in [0, 0.1) is 29.4 Å². The number of ether oxygens (including phenoxy) is 2. The van der Waals surface area contributed by atoms with E-state index in [0.717, 1.165) is 19.3 Å². The molecule has 0 atom stereocenters. The SMILES string of the molecule is COC(=O)CCCOc1ccc(C23CC4CC(CC(C4)C2)C3)c(F)c1F. The average Bonchev–Trinajstić information content (AvgIpc) is 2.60. The van der Waals surface area contributed by atoms with Crippen LogP contribution in [0.1, 0.15) is 56.9 Å². The molecule has 1 aromatic carbocycles. The molecule has 0 N–H and O–H groups in total. The van der Waals surface area contributed by atoms with Crippen molar-refractivity contribution < 1.29 is 23.0 Å². The molecular weight excluding hydrogens is 338 g/mol. The number of halogens is 2. The Morgan fingerprint density at radius 3 is 2.27 bits per heavy atom. The van der Waals surface area contributed by atoms with Crippen molar-refractivity contribution in [1.82, 2.24) is 0 Å². The van der Waals surface area contributed by atoms with Gasteiger partial charge in [-0.15, -0.1) is 0 Å². The van der Waals surface area contributed by atoms with Crippen LogP contribution in [0.5, 0.6) is 5.75 Å². The van der Waals surface area contributed by atoms with Gasteiger partial charge in [-0.25, -0.2) is 4.39 Å². The van der Waals surface area contributed by atoms with Crippen molar-refractivity contribution in [3.63, 3.8) is 0 Å². The van der Waals surface area contributed by atoms with Crippen LogP contribution < -0.4 is 4.74 Å². The lowest BCUT2D eigenvalue weighted by atomic mass is 9.48. The summed E-state index contributed by atoms with van der Waals surface area (Å²) in [5.74, 6) is 0.000806. The third-order valence-corrected chi connectivity index (χ3v) is 6.67. The van der Waals surface area contributed by atoms with Crippen molar-refractivity contribution in [3.05, 3.63) is 29.3 Å². The average molecular weight is 364 g/mol. The van der Waals surface area contributed by atoms with Gasteiger partial charge in [-0.1, -0.05) is 6.07 Å². The Morgan fingerprint density at radius 2 is 1.69 bits per heavy atom. The van der Waals surface area contributed by atoms with Gasteiger partial charge in [0.2, 0.25) is 5.82 Å².